The topological polar surface area (TPSA) is 145 Å². The van der Waals surface area contributed by atoms with Gasteiger partial charge in [0, 0.05) is 58.3 Å². The van der Waals surface area contributed by atoms with E-state index < -0.39 is 30.0 Å². The van der Waals surface area contributed by atoms with Crippen LogP contribution in [0.3, 0.4) is 0 Å². The fraction of sp³-hybridized carbons (Fsp3) is 0.696. The van der Waals surface area contributed by atoms with E-state index in [9.17, 15) is 9.59 Å². The molecule has 0 aliphatic carbocycles. The van der Waals surface area contributed by atoms with Gasteiger partial charge in [0.2, 0.25) is 11.8 Å². The Balaban J connectivity index is 1.42. The fourth-order valence-corrected chi connectivity index (χ4v) is 5.33. The molecule has 2 amide bonds. The molecule has 36 heavy (non-hydrogen) atoms. The second-order valence-electron chi connectivity index (χ2n) is 9.89. The van der Waals surface area contributed by atoms with Gasteiger partial charge in [-0.2, -0.15) is 0 Å². The Kier molecular flexibility index (Phi) is 8.96. The van der Waals surface area contributed by atoms with E-state index >= 15 is 4.39 Å². The lowest BCUT2D eigenvalue weighted by Gasteiger charge is -2.38. The minimum Gasteiger partial charge on any atom is -0.367 e. The third kappa shape index (κ3) is 6.24. The number of likely N-dealkylation sites (N-methyl/N-ethyl adjacent to an activating group) is 1. The van der Waals surface area contributed by atoms with Crippen LogP contribution in [0.5, 0.6) is 0 Å². The number of hydrogen-bond donors (Lipinski definition) is 5. The molecule has 4 rings (SSSR count). The maximum Gasteiger partial charge on any atom is 0.233 e. The number of aromatic nitrogens is 1. The molecular formula is C23H37ClFN9O2. The van der Waals surface area contributed by atoms with Crippen molar-refractivity contribution in [1.82, 2.24) is 25.4 Å². The smallest absolute Gasteiger partial charge is 0.233 e. The van der Waals surface area contributed by atoms with Crippen LogP contribution in [0.25, 0.3) is 0 Å². The molecule has 7 N–H and O–H groups in total. The lowest BCUT2D eigenvalue weighted by molar-refractivity contribution is -0.137. The van der Waals surface area contributed by atoms with Crippen molar-refractivity contribution in [2.24, 2.45) is 23.3 Å². The first-order valence-corrected chi connectivity index (χ1v) is 13.0. The van der Waals surface area contributed by atoms with E-state index in [1.54, 1.807) is 0 Å². The van der Waals surface area contributed by atoms with Gasteiger partial charge >= 0.3 is 0 Å². The molecule has 3 aliphatic heterocycles. The average Bonchev–Trinajstić information content (AvgIpc) is 2.85. The highest BCUT2D eigenvalue weighted by atomic mass is 35.5. The zero-order valence-electron chi connectivity index (χ0n) is 20.6. The van der Waals surface area contributed by atoms with Crippen LogP contribution in [0.2, 0.25) is 0 Å². The Hall–Kier alpha value is -2.09. The quantitative estimate of drug-likeness (QED) is 0.236. The van der Waals surface area contributed by atoms with Gasteiger partial charge < -0.3 is 31.5 Å². The van der Waals surface area contributed by atoms with Crippen molar-refractivity contribution in [3.8, 4) is 0 Å². The van der Waals surface area contributed by atoms with Crippen LogP contribution < -0.4 is 32.3 Å². The van der Waals surface area contributed by atoms with Gasteiger partial charge in [-0.05, 0) is 19.9 Å². The Labute approximate surface area is 216 Å². The molecule has 3 saturated heterocycles. The van der Waals surface area contributed by atoms with Crippen molar-refractivity contribution in [3.63, 3.8) is 0 Å². The van der Waals surface area contributed by atoms with E-state index in [0.717, 1.165) is 32.4 Å². The van der Waals surface area contributed by atoms with Crippen LogP contribution in [0, 0.1) is 17.7 Å². The molecule has 0 radical (unpaired) electrons. The predicted molar refractivity (Wildman–Crippen MR) is 137 cm³/mol. The second-order valence-corrected chi connectivity index (χ2v) is 10.5. The Morgan fingerprint density at radius 1 is 1.11 bits per heavy atom. The van der Waals surface area contributed by atoms with Gasteiger partial charge in [-0.3, -0.25) is 25.2 Å². The monoisotopic (exact) mass is 525 g/mol. The second kappa shape index (κ2) is 12.0. The van der Waals surface area contributed by atoms with E-state index in [2.05, 4.69) is 32.9 Å². The van der Waals surface area contributed by atoms with Gasteiger partial charge in [0.15, 0.2) is 5.82 Å². The van der Waals surface area contributed by atoms with Crippen LogP contribution in [0.15, 0.2) is 12.4 Å². The van der Waals surface area contributed by atoms with Gasteiger partial charge in [0.25, 0.3) is 0 Å². The molecule has 0 saturated carbocycles. The first kappa shape index (κ1) is 27.0. The summed E-state index contributed by atoms with van der Waals surface area (Å²) in [6.07, 6.45) is 2.36. The molecule has 0 spiro atoms. The molecule has 200 valence electrons. The number of nitrogens with zero attached hydrogens (tertiary/aromatic N) is 4. The number of alkyl halides is 1. The lowest BCUT2D eigenvalue weighted by Crippen LogP contribution is -2.64. The number of piperazine rings is 1. The summed E-state index contributed by atoms with van der Waals surface area (Å²) in [5, 5.41) is 8.98. The standard InChI is InChI=1S/C23H37ClFN9O2/c1-32-6-8-34(9-7-32)23(36)14-2-4-33(5-3-14)19-16(25)12-28-13-17(19)31-22(35)18(20(26)27)21-29-10-15(24)11-30-21/h12-15,18,20-21,29-30H,2-11,26-27H2,1H3,(H,31,35). The summed E-state index contributed by atoms with van der Waals surface area (Å²) in [7, 11) is 2.06. The summed E-state index contributed by atoms with van der Waals surface area (Å²) in [4.78, 5) is 36.2. The van der Waals surface area contributed by atoms with Crippen LogP contribution in [0.1, 0.15) is 12.8 Å². The van der Waals surface area contributed by atoms with E-state index in [4.69, 9.17) is 23.1 Å². The molecule has 1 aromatic rings. The first-order chi connectivity index (χ1) is 17.2. The van der Waals surface area contributed by atoms with Crippen LogP contribution >= 0.6 is 11.6 Å². The van der Waals surface area contributed by atoms with Crippen molar-refractivity contribution >= 4 is 34.8 Å². The summed E-state index contributed by atoms with van der Waals surface area (Å²) in [5.74, 6) is -1.71. The van der Waals surface area contributed by atoms with Crippen LogP contribution in [0.4, 0.5) is 15.8 Å². The number of nitrogens with two attached hydrogens (primary N) is 2. The summed E-state index contributed by atoms with van der Waals surface area (Å²) >= 11 is 6.11. The largest absolute Gasteiger partial charge is 0.367 e. The number of piperidine rings is 1. The third-order valence-electron chi connectivity index (χ3n) is 7.30. The molecule has 0 bridgehead atoms. The number of halogens is 2. The lowest BCUT2D eigenvalue weighted by atomic mass is 9.94. The third-order valence-corrected chi connectivity index (χ3v) is 7.61. The average molecular weight is 526 g/mol. The number of nitrogens with one attached hydrogen (secondary N) is 3. The zero-order valence-corrected chi connectivity index (χ0v) is 21.4. The number of hydrogen-bond acceptors (Lipinski definition) is 9. The van der Waals surface area contributed by atoms with Gasteiger partial charge in [-0.1, -0.05) is 0 Å². The van der Waals surface area contributed by atoms with Crippen molar-refractivity contribution in [3.05, 3.63) is 18.2 Å². The Morgan fingerprint density at radius 3 is 2.36 bits per heavy atom. The van der Waals surface area contributed by atoms with Crippen molar-refractivity contribution in [1.29, 1.82) is 0 Å². The number of amides is 2. The zero-order chi connectivity index (χ0) is 25.8. The molecule has 1 atom stereocenters. The molecule has 3 aliphatic rings. The molecule has 1 unspecified atom stereocenters. The number of carbonyl (C=O) groups excluding carboxylic acids is 2. The molecule has 13 heteroatoms. The highest BCUT2D eigenvalue weighted by Gasteiger charge is 2.36. The number of anilines is 2. The molecular weight excluding hydrogens is 489 g/mol. The maximum absolute atomic E-state index is 15.0. The van der Waals surface area contributed by atoms with Gasteiger partial charge in [-0.15, -0.1) is 11.6 Å². The van der Waals surface area contributed by atoms with Gasteiger partial charge in [0.1, 0.15) is 5.69 Å². The molecule has 1 aromatic heterocycles. The van der Waals surface area contributed by atoms with Gasteiger partial charge in [-0.25, -0.2) is 4.39 Å². The highest BCUT2D eigenvalue weighted by Crippen LogP contribution is 2.33. The van der Waals surface area contributed by atoms with E-state index in [1.165, 1.54) is 6.20 Å². The normalized spacial score (nSPS) is 25.2. The number of rotatable bonds is 6. The van der Waals surface area contributed by atoms with Gasteiger partial charge in [0.05, 0.1) is 41.7 Å². The summed E-state index contributed by atoms with van der Waals surface area (Å²) in [6.45, 7) is 5.24. The van der Waals surface area contributed by atoms with E-state index in [0.29, 0.717) is 39.0 Å². The predicted octanol–water partition coefficient (Wildman–Crippen LogP) is -0.864. The van der Waals surface area contributed by atoms with Crippen molar-refractivity contribution in [2.45, 2.75) is 30.6 Å². The molecule has 0 aromatic carbocycles. The van der Waals surface area contributed by atoms with Crippen LogP contribution in [-0.2, 0) is 9.59 Å². The first-order valence-electron chi connectivity index (χ1n) is 12.5. The van der Waals surface area contributed by atoms with E-state index in [-0.39, 0.29) is 28.6 Å². The minimum atomic E-state index is -0.955. The number of carbonyl (C=O) groups is 2. The number of pyridine rings is 1. The molecule has 4 heterocycles. The Bertz CT molecular complexity index is 915. The highest BCUT2D eigenvalue weighted by molar-refractivity contribution is 6.21. The summed E-state index contributed by atoms with van der Waals surface area (Å²) < 4.78 is 15.0. The summed E-state index contributed by atoms with van der Waals surface area (Å²) in [5.41, 5.74) is 12.4. The van der Waals surface area contributed by atoms with Crippen molar-refractivity contribution < 1.29 is 14.0 Å². The van der Waals surface area contributed by atoms with Crippen molar-refractivity contribution in [2.75, 3.05) is 69.6 Å². The fourth-order valence-electron chi connectivity index (χ4n) is 5.15. The maximum atomic E-state index is 15.0. The molecule has 3 fully saturated rings. The summed E-state index contributed by atoms with van der Waals surface area (Å²) in [6, 6.07) is 0. The van der Waals surface area contributed by atoms with Crippen LogP contribution in [-0.4, -0.2) is 104 Å². The molecule has 11 nitrogen and oxygen atoms in total. The Morgan fingerprint density at radius 2 is 1.75 bits per heavy atom. The minimum absolute atomic E-state index is 0.0820. The van der Waals surface area contributed by atoms with E-state index in [1.807, 2.05) is 9.80 Å². The SMILES string of the molecule is CN1CCN(C(=O)C2CCN(c3c(F)cncc3NC(=O)C(C(N)N)C3NCC(Cl)CN3)CC2)CC1.